The van der Waals surface area contributed by atoms with Gasteiger partial charge in [0.1, 0.15) is 10.6 Å². The molecule has 0 amide bonds. The zero-order chi connectivity index (χ0) is 22.1. The van der Waals surface area contributed by atoms with Gasteiger partial charge in [-0.2, -0.15) is 0 Å². The Morgan fingerprint density at radius 3 is 2.20 bits per heavy atom. The zero-order valence-electron chi connectivity index (χ0n) is 17.3. The standard InChI is InChI=1S/C17H18N2O5S.C4H11N/c18-25(22,23)15-11-12(17(20)21)10-14(19-8-4-5-9-19)16(15)24-13-6-2-1-3-7-13;1-3-5-4-2/h1-3,6-7,10-11H,4-5,8-9H2,(H,20,21)(H2,18,22,23);5H,3-4H2,1-2H3. The summed E-state index contributed by atoms with van der Waals surface area (Å²) in [6, 6.07) is 11.2. The highest BCUT2D eigenvalue weighted by molar-refractivity contribution is 7.89. The summed E-state index contributed by atoms with van der Waals surface area (Å²) in [5, 5.41) is 17.8. The van der Waals surface area contributed by atoms with Crippen LogP contribution in [0.25, 0.3) is 0 Å². The number of hydrogen-bond donors (Lipinski definition) is 3. The number of primary sulfonamides is 1. The van der Waals surface area contributed by atoms with E-state index in [-0.39, 0.29) is 16.2 Å². The van der Waals surface area contributed by atoms with E-state index in [2.05, 4.69) is 19.2 Å². The Morgan fingerprint density at radius 2 is 1.73 bits per heavy atom. The number of aromatic carboxylic acids is 1. The Balaban J connectivity index is 0.000000575. The summed E-state index contributed by atoms with van der Waals surface area (Å²) in [6.07, 6.45) is 1.87. The Kier molecular flexibility index (Phi) is 8.64. The molecule has 30 heavy (non-hydrogen) atoms. The third kappa shape index (κ3) is 6.45. The third-order valence-electron chi connectivity index (χ3n) is 4.50. The first-order chi connectivity index (χ1) is 14.3. The largest absolute Gasteiger partial charge is 0.478 e. The second-order valence-electron chi connectivity index (χ2n) is 6.74. The maximum atomic E-state index is 12.1. The van der Waals surface area contributed by atoms with Crippen molar-refractivity contribution in [2.75, 3.05) is 31.1 Å². The molecule has 0 spiro atoms. The van der Waals surface area contributed by atoms with Crippen molar-refractivity contribution in [2.45, 2.75) is 31.6 Å². The van der Waals surface area contributed by atoms with Gasteiger partial charge in [0.15, 0.2) is 5.75 Å². The predicted molar refractivity (Wildman–Crippen MR) is 117 cm³/mol. The molecule has 1 heterocycles. The van der Waals surface area contributed by atoms with Crippen LogP contribution in [0.15, 0.2) is 47.4 Å². The van der Waals surface area contributed by atoms with Crippen LogP contribution in [0.3, 0.4) is 0 Å². The summed E-state index contributed by atoms with van der Waals surface area (Å²) in [5.74, 6) is -0.729. The van der Waals surface area contributed by atoms with Crippen LogP contribution in [0.4, 0.5) is 5.69 Å². The molecular formula is C21H29N3O5S. The average molecular weight is 436 g/mol. The summed E-state index contributed by atoms with van der Waals surface area (Å²) in [4.78, 5) is 13.0. The van der Waals surface area contributed by atoms with Gasteiger partial charge in [0.05, 0.1) is 11.3 Å². The number of hydrogen-bond acceptors (Lipinski definition) is 6. The lowest BCUT2D eigenvalue weighted by molar-refractivity contribution is 0.0696. The van der Waals surface area contributed by atoms with E-state index in [0.717, 1.165) is 32.0 Å². The van der Waals surface area contributed by atoms with E-state index in [4.69, 9.17) is 9.88 Å². The fourth-order valence-electron chi connectivity index (χ4n) is 3.07. The van der Waals surface area contributed by atoms with Crippen molar-refractivity contribution in [3.63, 3.8) is 0 Å². The van der Waals surface area contributed by atoms with Crippen LogP contribution in [0, 0.1) is 0 Å². The van der Waals surface area contributed by atoms with Crippen molar-refractivity contribution in [1.82, 2.24) is 5.32 Å². The van der Waals surface area contributed by atoms with Crippen molar-refractivity contribution < 1.29 is 23.1 Å². The zero-order valence-corrected chi connectivity index (χ0v) is 18.1. The molecule has 1 saturated heterocycles. The lowest BCUT2D eigenvalue weighted by Crippen LogP contribution is -2.21. The average Bonchev–Trinajstić information content (AvgIpc) is 3.23. The van der Waals surface area contributed by atoms with E-state index >= 15 is 0 Å². The normalized spacial score (nSPS) is 13.5. The minimum atomic E-state index is -4.18. The van der Waals surface area contributed by atoms with Gasteiger partial charge in [-0.1, -0.05) is 32.0 Å². The Labute approximate surface area is 177 Å². The highest BCUT2D eigenvalue weighted by Crippen LogP contribution is 2.40. The molecule has 0 aromatic heterocycles. The molecule has 0 unspecified atom stereocenters. The van der Waals surface area contributed by atoms with Crippen LogP contribution in [-0.4, -0.2) is 45.7 Å². The number of carbonyl (C=O) groups is 1. The van der Waals surface area contributed by atoms with E-state index in [0.29, 0.717) is 24.5 Å². The van der Waals surface area contributed by atoms with Gasteiger partial charge in [0.25, 0.3) is 0 Å². The second-order valence-corrected chi connectivity index (χ2v) is 8.27. The number of anilines is 1. The first-order valence-corrected chi connectivity index (χ1v) is 11.4. The monoisotopic (exact) mass is 435 g/mol. The van der Waals surface area contributed by atoms with Crippen molar-refractivity contribution in [3.8, 4) is 11.5 Å². The molecule has 1 fully saturated rings. The Bertz CT molecular complexity index is 941. The summed E-state index contributed by atoms with van der Waals surface area (Å²) in [6.45, 7) is 7.77. The number of sulfonamides is 1. The fourth-order valence-corrected chi connectivity index (χ4v) is 3.77. The van der Waals surface area contributed by atoms with Crippen molar-refractivity contribution >= 4 is 21.7 Å². The second kappa shape index (κ2) is 11.0. The van der Waals surface area contributed by atoms with Crippen LogP contribution in [-0.2, 0) is 10.0 Å². The van der Waals surface area contributed by atoms with Crippen LogP contribution >= 0.6 is 0 Å². The summed E-state index contributed by atoms with van der Waals surface area (Å²) < 4.78 is 30.0. The SMILES string of the molecule is CCNCC.NS(=O)(=O)c1cc(C(=O)O)cc(N2CCCC2)c1Oc1ccccc1. The summed E-state index contributed by atoms with van der Waals surface area (Å²) in [7, 11) is -4.18. The molecule has 2 aromatic rings. The molecule has 0 atom stereocenters. The molecule has 4 N–H and O–H groups in total. The van der Waals surface area contributed by atoms with Crippen LogP contribution in [0.1, 0.15) is 37.0 Å². The van der Waals surface area contributed by atoms with E-state index in [9.17, 15) is 18.3 Å². The summed E-state index contributed by atoms with van der Waals surface area (Å²) >= 11 is 0. The molecule has 0 bridgehead atoms. The topological polar surface area (TPSA) is 122 Å². The lowest BCUT2D eigenvalue weighted by atomic mass is 10.1. The molecule has 0 aliphatic carbocycles. The number of benzene rings is 2. The molecule has 9 heteroatoms. The number of para-hydroxylation sites is 1. The molecule has 8 nitrogen and oxygen atoms in total. The van der Waals surface area contributed by atoms with Gasteiger partial charge in [-0.3, -0.25) is 0 Å². The van der Waals surface area contributed by atoms with Crippen molar-refractivity contribution in [3.05, 3.63) is 48.0 Å². The maximum Gasteiger partial charge on any atom is 0.335 e. The molecule has 2 aromatic carbocycles. The van der Waals surface area contributed by atoms with Crippen LogP contribution < -0.4 is 20.1 Å². The van der Waals surface area contributed by atoms with Gasteiger partial charge >= 0.3 is 5.97 Å². The van der Waals surface area contributed by atoms with Gasteiger partial charge < -0.3 is 20.1 Å². The molecule has 0 saturated carbocycles. The first-order valence-electron chi connectivity index (χ1n) is 9.90. The quantitative estimate of drug-likeness (QED) is 0.611. The molecule has 3 rings (SSSR count). The minimum absolute atomic E-state index is 0.0561. The van der Waals surface area contributed by atoms with E-state index in [1.54, 1.807) is 24.3 Å². The highest BCUT2D eigenvalue weighted by Gasteiger charge is 2.27. The Hall–Kier alpha value is -2.62. The number of nitrogens with one attached hydrogen (secondary N) is 1. The molecule has 1 aliphatic heterocycles. The van der Waals surface area contributed by atoms with Gasteiger partial charge in [-0.25, -0.2) is 18.4 Å². The van der Waals surface area contributed by atoms with Crippen LogP contribution in [0.5, 0.6) is 11.5 Å². The van der Waals surface area contributed by atoms with Gasteiger partial charge in [-0.05, 0) is 50.2 Å². The van der Waals surface area contributed by atoms with Crippen LogP contribution in [0.2, 0.25) is 0 Å². The Morgan fingerprint density at radius 1 is 1.13 bits per heavy atom. The van der Waals surface area contributed by atoms with E-state index in [1.807, 2.05) is 11.0 Å². The van der Waals surface area contributed by atoms with Gasteiger partial charge in [0.2, 0.25) is 10.0 Å². The molecule has 164 valence electrons. The van der Waals surface area contributed by atoms with Crippen molar-refractivity contribution in [2.24, 2.45) is 5.14 Å². The number of carboxylic acid groups (broad SMARTS) is 1. The number of nitrogens with two attached hydrogens (primary N) is 1. The maximum absolute atomic E-state index is 12.1. The smallest absolute Gasteiger partial charge is 0.335 e. The minimum Gasteiger partial charge on any atom is -0.478 e. The van der Waals surface area contributed by atoms with Gasteiger partial charge in [0, 0.05) is 13.1 Å². The number of rotatable bonds is 7. The fraction of sp³-hybridized carbons (Fsp3) is 0.381. The first kappa shape index (κ1) is 23.7. The van der Waals surface area contributed by atoms with Gasteiger partial charge in [-0.15, -0.1) is 0 Å². The van der Waals surface area contributed by atoms with E-state index in [1.165, 1.54) is 6.07 Å². The number of nitrogens with zero attached hydrogens (tertiary/aromatic N) is 1. The lowest BCUT2D eigenvalue weighted by Gasteiger charge is -2.23. The molecular weight excluding hydrogens is 406 g/mol. The predicted octanol–water partition coefficient (Wildman–Crippen LogP) is 3.04. The number of carboxylic acids is 1. The molecule has 0 radical (unpaired) electrons. The number of ether oxygens (including phenoxy) is 1. The molecule has 1 aliphatic rings. The van der Waals surface area contributed by atoms with Crippen molar-refractivity contribution in [1.29, 1.82) is 0 Å². The third-order valence-corrected chi connectivity index (χ3v) is 5.41. The van der Waals surface area contributed by atoms with E-state index < -0.39 is 16.0 Å². The highest BCUT2D eigenvalue weighted by atomic mass is 32.2. The summed E-state index contributed by atoms with van der Waals surface area (Å²) in [5.41, 5.74) is 0.275.